The second kappa shape index (κ2) is 7.25. The van der Waals surface area contributed by atoms with E-state index >= 15 is 0 Å². The first-order valence-electron chi connectivity index (χ1n) is 7.24. The van der Waals surface area contributed by atoms with Gasteiger partial charge in [-0.25, -0.2) is 13.1 Å². The number of halogens is 1. The highest BCUT2D eigenvalue weighted by atomic mass is 35.5. The van der Waals surface area contributed by atoms with E-state index in [1.165, 1.54) is 12.8 Å². The predicted molar refractivity (Wildman–Crippen MR) is 81.2 cm³/mol. The van der Waals surface area contributed by atoms with Gasteiger partial charge >= 0.3 is 0 Å². The summed E-state index contributed by atoms with van der Waals surface area (Å²) in [7, 11) is -3.10. The fourth-order valence-corrected chi connectivity index (χ4v) is 5.12. The minimum Gasteiger partial charge on any atom is -0.311 e. The SMILES string of the molecule is CCCC(C)CS(=O)(=O)NC1CC2CCC(C1)N2.Cl. The van der Waals surface area contributed by atoms with Crippen LogP contribution in [-0.2, 0) is 10.0 Å². The average Bonchev–Trinajstić information content (AvgIpc) is 2.56. The van der Waals surface area contributed by atoms with E-state index in [-0.39, 0.29) is 30.1 Å². The highest BCUT2D eigenvalue weighted by Crippen LogP contribution is 2.27. The fourth-order valence-electron chi connectivity index (χ4n) is 3.41. The third-order valence-corrected chi connectivity index (χ3v) is 5.81. The van der Waals surface area contributed by atoms with Gasteiger partial charge in [-0.15, -0.1) is 12.4 Å². The van der Waals surface area contributed by atoms with Gasteiger partial charge in [0.05, 0.1) is 5.75 Å². The zero-order valence-corrected chi connectivity index (χ0v) is 13.5. The molecule has 0 aromatic carbocycles. The monoisotopic (exact) mass is 310 g/mol. The van der Waals surface area contributed by atoms with Crippen molar-refractivity contribution in [3.05, 3.63) is 0 Å². The lowest BCUT2D eigenvalue weighted by Crippen LogP contribution is -2.48. The van der Waals surface area contributed by atoms with Crippen LogP contribution in [0.25, 0.3) is 0 Å². The van der Waals surface area contributed by atoms with Gasteiger partial charge in [-0.05, 0) is 38.0 Å². The molecule has 0 aliphatic carbocycles. The smallest absolute Gasteiger partial charge is 0.212 e. The van der Waals surface area contributed by atoms with Crippen molar-refractivity contribution in [2.75, 3.05) is 5.75 Å². The topological polar surface area (TPSA) is 58.2 Å². The van der Waals surface area contributed by atoms with E-state index in [0.29, 0.717) is 12.1 Å². The predicted octanol–water partition coefficient (Wildman–Crippen LogP) is 2.05. The first-order valence-corrected chi connectivity index (χ1v) is 8.89. The van der Waals surface area contributed by atoms with Crippen molar-refractivity contribution in [1.29, 1.82) is 0 Å². The lowest BCUT2D eigenvalue weighted by atomic mass is 10.0. The minimum atomic E-state index is -3.10. The van der Waals surface area contributed by atoms with E-state index in [9.17, 15) is 8.42 Å². The van der Waals surface area contributed by atoms with E-state index in [4.69, 9.17) is 0 Å². The molecule has 2 bridgehead atoms. The Bertz CT molecular complexity index is 363. The molecule has 0 saturated carbocycles. The van der Waals surface area contributed by atoms with Gasteiger partial charge in [0.2, 0.25) is 10.0 Å². The molecule has 2 aliphatic heterocycles. The third kappa shape index (κ3) is 5.21. The Morgan fingerprint density at radius 3 is 2.37 bits per heavy atom. The number of hydrogen-bond acceptors (Lipinski definition) is 3. The van der Waals surface area contributed by atoms with E-state index in [2.05, 4.69) is 17.0 Å². The zero-order chi connectivity index (χ0) is 13.2. The molecular formula is C13H27ClN2O2S. The molecule has 2 aliphatic rings. The summed E-state index contributed by atoms with van der Waals surface area (Å²) >= 11 is 0. The first-order chi connectivity index (χ1) is 8.48. The van der Waals surface area contributed by atoms with Crippen molar-refractivity contribution >= 4 is 22.4 Å². The van der Waals surface area contributed by atoms with Crippen molar-refractivity contribution in [1.82, 2.24) is 10.0 Å². The summed E-state index contributed by atoms with van der Waals surface area (Å²) in [5.74, 6) is 0.533. The standard InChI is InChI=1S/C13H26N2O2S.ClH/c1-3-4-10(2)9-18(16,17)15-13-7-11-5-6-12(8-13)14-11;/h10-15H,3-9H2,1-2H3;1H. The molecule has 2 rings (SSSR count). The summed E-state index contributed by atoms with van der Waals surface area (Å²) in [6.07, 6.45) is 6.35. The lowest BCUT2D eigenvalue weighted by Gasteiger charge is -2.29. The van der Waals surface area contributed by atoms with Crippen LogP contribution in [0.15, 0.2) is 0 Å². The summed E-state index contributed by atoms with van der Waals surface area (Å²) in [6, 6.07) is 1.22. The Morgan fingerprint density at radius 1 is 1.26 bits per heavy atom. The quantitative estimate of drug-likeness (QED) is 0.789. The Hall–Kier alpha value is 0.160. The molecule has 0 amide bonds. The normalized spacial score (nSPS) is 31.8. The molecule has 2 heterocycles. The largest absolute Gasteiger partial charge is 0.311 e. The van der Waals surface area contributed by atoms with Crippen LogP contribution in [0.3, 0.4) is 0 Å². The van der Waals surface area contributed by atoms with Crippen molar-refractivity contribution in [3.8, 4) is 0 Å². The number of piperidine rings is 1. The number of sulfonamides is 1. The number of rotatable bonds is 6. The molecule has 19 heavy (non-hydrogen) atoms. The summed E-state index contributed by atoms with van der Waals surface area (Å²) in [4.78, 5) is 0. The molecule has 4 nitrogen and oxygen atoms in total. The highest BCUT2D eigenvalue weighted by Gasteiger charge is 2.35. The van der Waals surface area contributed by atoms with E-state index < -0.39 is 10.0 Å². The first kappa shape index (κ1) is 17.2. The van der Waals surface area contributed by atoms with Gasteiger partial charge in [-0.3, -0.25) is 0 Å². The van der Waals surface area contributed by atoms with E-state index in [0.717, 1.165) is 25.7 Å². The third-order valence-electron chi connectivity index (χ3n) is 4.10. The Morgan fingerprint density at radius 2 is 1.84 bits per heavy atom. The van der Waals surface area contributed by atoms with Gasteiger partial charge in [0.25, 0.3) is 0 Å². The molecular weight excluding hydrogens is 284 g/mol. The Labute approximate surface area is 123 Å². The van der Waals surface area contributed by atoms with Crippen LogP contribution in [0.1, 0.15) is 52.4 Å². The Balaban J connectivity index is 0.00000180. The van der Waals surface area contributed by atoms with Crippen LogP contribution < -0.4 is 10.0 Å². The van der Waals surface area contributed by atoms with Crippen LogP contribution >= 0.6 is 12.4 Å². The molecule has 3 unspecified atom stereocenters. The summed E-state index contributed by atoms with van der Waals surface area (Å²) < 4.78 is 27.1. The van der Waals surface area contributed by atoms with Gasteiger partial charge in [0.15, 0.2) is 0 Å². The van der Waals surface area contributed by atoms with Crippen molar-refractivity contribution < 1.29 is 8.42 Å². The van der Waals surface area contributed by atoms with Crippen molar-refractivity contribution in [3.63, 3.8) is 0 Å². The maximum absolute atomic E-state index is 12.1. The van der Waals surface area contributed by atoms with Crippen LogP contribution in [0.4, 0.5) is 0 Å². The Kier molecular flexibility index (Phi) is 6.57. The van der Waals surface area contributed by atoms with Crippen LogP contribution in [0, 0.1) is 5.92 Å². The molecule has 2 N–H and O–H groups in total. The molecule has 3 atom stereocenters. The number of nitrogens with one attached hydrogen (secondary N) is 2. The minimum absolute atomic E-state index is 0. The van der Waals surface area contributed by atoms with Crippen molar-refractivity contribution in [2.45, 2.75) is 70.5 Å². The molecule has 0 aromatic rings. The molecule has 0 radical (unpaired) electrons. The fraction of sp³-hybridized carbons (Fsp3) is 1.00. The highest BCUT2D eigenvalue weighted by molar-refractivity contribution is 7.89. The van der Waals surface area contributed by atoms with Gasteiger partial charge in [-0.2, -0.15) is 0 Å². The lowest BCUT2D eigenvalue weighted by molar-refractivity contribution is 0.344. The molecule has 2 fully saturated rings. The van der Waals surface area contributed by atoms with Gasteiger partial charge in [0.1, 0.15) is 0 Å². The molecule has 114 valence electrons. The van der Waals surface area contributed by atoms with Gasteiger partial charge in [0, 0.05) is 18.1 Å². The molecule has 0 aromatic heterocycles. The van der Waals surface area contributed by atoms with Crippen LogP contribution in [-0.4, -0.2) is 32.3 Å². The second-order valence-electron chi connectivity index (χ2n) is 6.10. The van der Waals surface area contributed by atoms with E-state index in [1.807, 2.05) is 6.92 Å². The van der Waals surface area contributed by atoms with Crippen LogP contribution in [0.5, 0.6) is 0 Å². The second-order valence-corrected chi connectivity index (χ2v) is 7.90. The maximum Gasteiger partial charge on any atom is 0.212 e. The summed E-state index contributed by atoms with van der Waals surface area (Å²) in [5, 5.41) is 3.53. The number of fused-ring (bicyclic) bond motifs is 2. The molecule has 2 saturated heterocycles. The average molecular weight is 311 g/mol. The van der Waals surface area contributed by atoms with Gasteiger partial charge in [-0.1, -0.05) is 20.3 Å². The van der Waals surface area contributed by atoms with E-state index in [1.54, 1.807) is 0 Å². The molecule has 0 spiro atoms. The van der Waals surface area contributed by atoms with Crippen LogP contribution in [0.2, 0.25) is 0 Å². The van der Waals surface area contributed by atoms with Gasteiger partial charge < -0.3 is 5.32 Å². The van der Waals surface area contributed by atoms with Crippen molar-refractivity contribution in [2.24, 2.45) is 5.92 Å². The number of hydrogen-bond donors (Lipinski definition) is 2. The molecule has 6 heteroatoms. The summed E-state index contributed by atoms with van der Waals surface area (Å²) in [6.45, 7) is 4.12. The maximum atomic E-state index is 12.1. The zero-order valence-electron chi connectivity index (χ0n) is 11.9. The summed E-state index contributed by atoms with van der Waals surface area (Å²) in [5.41, 5.74) is 0.